The lowest BCUT2D eigenvalue weighted by Crippen LogP contribution is -2.47. The lowest BCUT2D eigenvalue weighted by molar-refractivity contribution is 0.102. The van der Waals surface area contributed by atoms with E-state index in [9.17, 15) is 4.79 Å². The minimum Gasteiger partial charge on any atom is -0.368 e. The highest BCUT2D eigenvalue weighted by molar-refractivity contribution is 6.03. The van der Waals surface area contributed by atoms with Crippen molar-refractivity contribution in [3.05, 3.63) is 78.1 Å². The van der Waals surface area contributed by atoms with Crippen molar-refractivity contribution >= 4 is 23.2 Å². The Morgan fingerprint density at radius 2 is 1.57 bits per heavy atom. The Morgan fingerprint density at radius 3 is 2.25 bits per heavy atom. The molecule has 1 saturated heterocycles. The van der Waals surface area contributed by atoms with Crippen molar-refractivity contribution in [3.63, 3.8) is 0 Å². The van der Waals surface area contributed by atoms with Gasteiger partial charge in [0.1, 0.15) is 0 Å². The molecule has 0 bridgehead atoms. The number of nitrogens with one attached hydrogen (secondary N) is 1. The average Bonchev–Trinajstić information content (AvgIpc) is 2.75. The summed E-state index contributed by atoms with van der Waals surface area (Å²) in [7, 11) is 0. The zero-order valence-corrected chi connectivity index (χ0v) is 15.9. The van der Waals surface area contributed by atoms with Crippen molar-refractivity contribution in [3.8, 4) is 0 Å². The number of carbonyl (C=O) groups is 1. The summed E-state index contributed by atoms with van der Waals surface area (Å²) >= 11 is 0. The Balaban J connectivity index is 1.36. The molecule has 142 valence electrons. The molecule has 6 nitrogen and oxygen atoms in total. The van der Waals surface area contributed by atoms with Gasteiger partial charge in [-0.1, -0.05) is 30.3 Å². The van der Waals surface area contributed by atoms with E-state index in [2.05, 4.69) is 56.3 Å². The Labute approximate surface area is 164 Å². The van der Waals surface area contributed by atoms with E-state index in [0.29, 0.717) is 11.5 Å². The van der Waals surface area contributed by atoms with Crippen LogP contribution < -0.4 is 15.1 Å². The zero-order valence-electron chi connectivity index (χ0n) is 15.9. The number of amides is 1. The van der Waals surface area contributed by atoms with Gasteiger partial charge >= 0.3 is 0 Å². The van der Waals surface area contributed by atoms with Crippen LogP contribution in [0.15, 0.2) is 67.0 Å². The van der Waals surface area contributed by atoms with E-state index >= 15 is 0 Å². The standard InChI is InChI=1S/C22H23N5O/c1-17-6-5-9-20(14-17)26-10-12-27(13-11-26)22-23-15-18(16-24-22)21(28)25-19-7-3-2-4-8-19/h2-9,14-16H,10-13H2,1H3,(H,25,28). The van der Waals surface area contributed by atoms with Gasteiger partial charge in [0.2, 0.25) is 5.95 Å². The fourth-order valence-corrected chi connectivity index (χ4v) is 3.32. The number of rotatable bonds is 4. The number of benzene rings is 2. The molecule has 0 radical (unpaired) electrons. The molecule has 3 aromatic rings. The van der Waals surface area contributed by atoms with E-state index in [1.54, 1.807) is 12.4 Å². The largest absolute Gasteiger partial charge is 0.368 e. The number of hydrogen-bond donors (Lipinski definition) is 1. The lowest BCUT2D eigenvalue weighted by Gasteiger charge is -2.36. The van der Waals surface area contributed by atoms with Gasteiger partial charge in [0.15, 0.2) is 0 Å². The molecule has 28 heavy (non-hydrogen) atoms. The van der Waals surface area contributed by atoms with E-state index < -0.39 is 0 Å². The third-order valence-corrected chi connectivity index (χ3v) is 4.86. The molecule has 1 fully saturated rings. The van der Waals surface area contributed by atoms with Crippen LogP contribution in [0.1, 0.15) is 15.9 Å². The molecule has 4 rings (SSSR count). The fraction of sp³-hybridized carbons (Fsp3) is 0.227. The number of hydrogen-bond acceptors (Lipinski definition) is 5. The van der Waals surface area contributed by atoms with Crippen LogP contribution in [0.4, 0.5) is 17.3 Å². The molecule has 6 heteroatoms. The molecule has 2 aromatic carbocycles. The first-order valence-corrected chi connectivity index (χ1v) is 9.44. The van der Waals surface area contributed by atoms with E-state index in [1.165, 1.54) is 11.3 Å². The van der Waals surface area contributed by atoms with Crippen LogP contribution in [0.5, 0.6) is 0 Å². The number of nitrogens with zero attached hydrogens (tertiary/aromatic N) is 4. The Hall–Kier alpha value is -3.41. The van der Waals surface area contributed by atoms with Gasteiger partial charge < -0.3 is 15.1 Å². The van der Waals surface area contributed by atoms with Crippen LogP contribution in [0.2, 0.25) is 0 Å². The van der Waals surface area contributed by atoms with Gasteiger partial charge in [-0.05, 0) is 36.8 Å². The Bertz CT molecular complexity index is 935. The quantitative estimate of drug-likeness (QED) is 0.760. The number of piperazine rings is 1. The smallest absolute Gasteiger partial charge is 0.258 e. The predicted molar refractivity (Wildman–Crippen MR) is 112 cm³/mol. The van der Waals surface area contributed by atoms with Gasteiger partial charge in [-0.25, -0.2) is 9.97 Å². The van der Waals surface area contributed by atoms with Crippen LogP contribution in [0.25, 0.3) is 0 Å². The van der Waals surface area contributed by atoms with Crippen molar-refractivity contribution in [1.29, 1.82) is 0 Å². The minimum atomic E-state index is -0.206. The Morgan fingerprint density at radius 1 is 0.893 bits per heavy atom. The summed E-state index contributed by atoms with van der Waals surface area (Å²) in [5.74, 6) is 0.460. The molecular formula is C22H23N5O. The van der Waals surface area contributed by atoms with Crippen molar-refractivity contribution < 1.29 is 4.79 Å². The van der Waals surface area contributed by atoms with E-state index in [-0.39, 0.29) is 5.91 Å². The SMILES string of the molecule is Cc1cccc(N2CCN(c3ncc(C(=O)Nc4ccccc4)cn3)CC2)c1. The average molecular weight is 373 g/mol. The monoisotopic (exact) mass is 373 g/mol. The predicted octanol–water partition coefficient (Wildman–Crippen LogP) is 3.36. The molecule has 1 aliphatic heterocycles. The molecule has 0 aliphatic carbocycles. The number of aromatic nitrogens is 2. The summed E-state index contributed by atoms with van der Waals surface area (Å²) in [5.41, 5.74) is 3.73. The van der Waals surface area contributed by atoms with Crippen molar-refractivity contribution in [2.45, 2.75) is 6.92 Å². The van der Waals surface area contributed by atoms with Gasteiger partial charge in [0, 0.05) is 49.9 Å². The molecule has 2 heterocycles. The summed E-state index contributed by atoms with van der Waals surface area (Å²) in [5, 5.41) is 2.85. The molecule has 0 saturated carbocycles. The highest BCUT2D eigenvalue weighted by Crippen LogP contribution is 2.19. The van der Waals surface area contributed by atoms with Crippen LogP contribution >= 0.6 is 0 Å². The molecule has 0 spiro atoms. The van der Waals surface area contributed by atoms with Crippen molar-refractivity contribution in [2.24, 2.45) is 0 Å². The summed E-state index contributed by atoms with van der Waals surface area (Å²) in [6.07, 6.45) is 3.18. The van der Waals surface area contributed by atoms with Gasteiger partial charge in [-0.2, -0.15) is 0 Å². The molecule has 0 unspecified atom stereocenters. The maximum atomic E-state index is 12.3. The third-order valence-electron chi connectivity index (χ3n) is 4.86. The summed E-state index contributed by atoms with van der Waals surface area (Å²) in [4.78, 5) is 25.7. The summed E-state index contributed by atoms with van der Waals surface area (Å²) < 4.78 is 0. The number of carbonyl (C=O) groups excluding carboxylic acids is 1. The minimum absolute atomic E-state index is 0.206. The second-order valence-electron chi connectivity index (χ2n) is 6.90. The topological polar surface area (TPSA) is 61.4 Å². The third kappa shape index (κ3) is 4.11. The first-order valence-electron chi connectivity index (χ1n) is 9.44. The van der Waals surface area contributed by atoms with E-state index in [4.69, 9.17) is 0 Å². The maximum Gasteiger partial charge on any atom is 0.258 e. The van der Waals surface area contributed by atoms with Gasteiger partial charge in [0.25, 0.3) is 5.91 Å². The Kier molecular flexibility index (Phi) is 5.19. The molecule has 1 amide bonds. The zero-order chi connectivity index (χ0) is 19.3. The van der Waals surface area contributed by atoms with Crippen LogP contribution in [0.3, 0.4) is 0 Å². The van der Waals surface area contributed by atoms with Crippen LogP contribution in [0, 0.1) is 6.92 Å². The molecule has 1 aliphatic rings. The second-order valence-corrected chi connectivity index (χ2v) is 6.90. The molecular weight excluding hydrogens is 350 g/mol. The first kappa shape index (κ1) is 18.0. The van der Waals surface area contributed by atoms with E-state index in [1.807, 2.05) is 30.3 Å². The van der Waals surface area contributed by atoms with Gasteiger partial charge in [0.05, 0.1) is 5.56 Å². The van der Waals surface area contributed by atoms with Crippen LogP contribution in [-0.2, 0) is 0 Å². The summed E-state index contributed by atoms with van der Waals surface area (Å²) in [6.45, 7) is 5.65. The highest BCUT2D eigenvalue weighted by atomic mass is 16.1. The van der Waals surface area contributed by atoms with Gasteiger partial charge in [-0.15, -0.1) is 0 Å². The van der Waals surface area contributed by atoms with Crippen molar-refractivity contribution in [1.82, 2.24) is 9.97 Å². The van der Waals surface area contributed by atoms with Gasteiger partial charge in [-0.3, -0.25) is 4.79 Å². The second kappa shape index (κ2) is 8.08. The van der Waals surface area contributed by atoms with Crippen LogP contribution in [-0.4, -0.2) is 42.1 Å². The summed E-state index contributed by atoms with van der Waals surface area (Å²) in [6, 6.07) is 17.9. The molecule has 1 N–H and O–H groups in total. The first-order chi connectivity index (χ1) is 13.7. The molecule has 1 aromatic heterocycles. The number of para-hydroxylation sites is 1. The number of anilines is 3. The van der Waals surface area contributed by atoms with Crippen molar-refractivity contribution in [2.75, 3.05) is 41.3 Å². The molecule has 0 atom stereocenters. The normalized spacial score (nSPS) is 14.0. The van der Waals surface area contributed by atoms with E-state index in [0.717, 1.165) is 31.9 Å². The fourth-order valence-electron chi connectivity index (χ4n) is 3.32. The number of aryl methyl sites for hydroxylation is 1. The lowest BCUT2D eigenvalue weighted by atomic mass is 10.2. The highest BCUT2D eigenvalue weighted by Gasteiger charge is 2.19. The maximum absolute atomic E-state index is 12.3.